The number of carbonyl (C=O) groups excluding carboxylic acids is 1. The van der Waals surface area contributed by atoms with E-state index in [1.54, 1.807) is 10.9 Å². The van der Waals surface area contributed by atoms with Crippen molar-refractivity contribution in [2.75, 3.05) is 24.5 Å². The van der Waals surface area contributed by atoms with Gasteiger partial charge in [-0.3, -0.25) is 9.67 Å². The number of hydrogen-bond acceptors (Lipinski definition) is 6. The largest absolute Gasteiger partial charge is 0.441 e. The molecular formula is C24H23ClN6O2. The van der Waals surface area contributed by atoms with E-state index in [1.165, 1.54) is 0 Å². The van der Waals surface area contributed by atoms with Crippen molar-refractivity contribution >= 4 is 23.4 Å². The van der Waals surface area contributed by atoms with Crippen molar-refractivity contribution < 1.29 is 9.53 Å². The van der Waals surface area contributed by atoms with Gasteiger partial charge in [0.25, 0.3) is 0 Å². The predicted octanol–water partition coefficient (Wildman–Crippen LogP) is 4.26. The molecule has 0 unspecified atom stereocenters. The molecule has 0 aliphatic carbocycles. The predicted molar refractivity (Wildman–Crippen MR) is 125 cm³/mol. The first kappa shape index (κ1) is 21.3. The van der Waals surface area contributed by atoms with E-state index in [2.05, 4.69) is 50.6 Å². The number of anilines is 1. The van der Waals surface area contributed by atoms with E-state index in [0.29, 0.717) is 24.5 Å². The minimum atomic E-state index is -0.410. The Morgan fingerprint density at radius 2 is 1.88 bits per heavy atom. The molecule has 4 heterocycles. The van der Waals surface area contributed by atoms with Crippen LogP contribution in [0.15, 0.2) is 49.1 Å². The Hall–Kier alpha value is -3.57. The molecule has 2 fully saturated rings. The molecule has 2 aliphatic heterocycles. The number of piperidine rings is 1. The number of aryl methyl sites for hydroxylation is 1. The van der Waals surface area contributed by atoms with E-state index >= 15 is 0 Å². The van der Waals surface area contributed by atoms with Gasteiger partial charge in [-0.2, -0.15) is 10.4 Å². The number of benzene rings is 1. The minimum absolute atomic E-state index is 0.332. The SMILES string of the molecule is N#CCCn1cc(-c2ccc(-c3cncc(Cl)c3N3CCC4(CC3)CNC(=O)O4)cc2)cn1. The second-order valence-electron chi connectivity index (χ2n) is 8.41. The Bertz CT molecular complexity index is 1210. The first-order valence-corrected chi connectivity index (χ1v) is 11.3. The number of nitriles is 1. The molecule has 1 amide bonds. The Morgan fingerprint density at radius 1 is 1.12 bits per heavy atom. The lowest BCUT2D eigenvalue weighted by molar-refractivity contribution is 0.0367. The summed E-state index contributed by atoms with van der Waals surface area (Å²) in [5.74, 6) is 0. The number of ether oxygens (including phenoxy) is 1. The summed E-state index contributed by atoms with van der Waals surface area (Å²) in [5.41, 5.74) is 4.59. The highest BCUT2D eigenvalue weighted by Crippen LogP contribution is 2.40. The molecule has 5 rings (SSSR count). The molecule has 0 radical (unpaired) electrons. The number of nitrogens with zero attached hydrogens (tertiary/aromatic N) is 5. The average molecular weight is 463 g/mol. The number of halogens is 1. The zero-order valence-corrected chi connectivity index (χ0v) is 18.8. The lowest BCUT2D eigenvalue weighted by Crippen LogP contribution is -2.46. The number of hydrogen-bond donors (Lipinski definition) is 1. The van der Waals surface area contributed by atoms with Crippen LogP contribution >= 0.6 is 11.6 Å². The van der Waals surface area contributed by atoms with Gasteiger partial charge in [-0.15, -0.1) is 0 Å². The van der Waals surface area contributed by atoms with Crippen molar-refractivity contribution in [1.82, 2.24) is 20.1 Å². The van der Waals surface area contributed by atoms with E-state index in [1.807, 2.05) is 18.6 Å². The van der Waals surface area contributed by atoms with Gasteiger partial charge in [-0.25, -0.2) is 4.79 Å². The van der Waals surface area contributed by atoms with Crippen molar-refractivity contribution in [3.05, 3.63) is 54.1 Å². The molecule has 2 saturated heterocycles. The average Bonchev–Trinajstić information content (AvgIpc) is 3.45. The van der Waals surface area contributed by atoms with Gasteiger partial charge < -0.3 is 15.0 Å². The van der Waals surface area contributed by atoms with Crippen LogP contribution in [0.5, 0.6) is 0 Å². The quantitative estimate of drug-likeness (QED) is 0.608. The van der Waals surface area contributed by atoms with E-state index < -0.39 is 5.60 Å². The highest BCUT2D eigenvalue weighted by Gasteiger charge is 2.43. The standard InChI is InChI=1S/C24H23ClN6O2/c25-21-14-27-13-20(22(21)30-10-6-24(7-11-30)16-28-23(32)33-24)18-4-2-17(3-5-18)19-12-29-31(15-19)9-1-8-26/h2-5,12-15H,1,6-7,9-11,16H2,(H,28,32). The number of nitrogens with one attached hydrogen (secondary N) is 1. The Morgan fingerprint density at radius 3 is 2.58 bits per heavy atom. The summed E-state index contributed by atoms with van der Waals surface area (Å²) in [6.07, 6.45) is 8.88. The Labute approximate surface area is 196 Å². The molecule has 168 valence electrons. The van der Waals surface area contributed by atoms with Gasteiger partial charge in [-0.1, -0.05) is 35.9 Å². The van der Waals surface area contributed by atoms with Gasteiger partial charge in [0.2, 0.25) is 0 Å². The van der Waals surface area contributed by atoms with Crippen LogP contribution in [0.25, 0.3) is 22.3 Å². The summed E-state index contributed by atoms with van der Waals surface area (Å²) < 4.78 is 7.34. The van der Waals surface area contributed by atoms with Crippen molar-refractivity contribution in [1.29, 1.82) is 5.26 Å². The molecule has 1 aromatic carbocycles. The maximum atomic E-state index is 11.5. The van der Waals surface area contributed by atoms with Crippen LogP contribution in [0, 0.1) is 11.3 Å². The summed E-state index contributed by atoms with van der Waals surface area (Å²) in [6, 6.07) is 10.4. The fourth-order valence-corrected chi connectivity index (χ4v) is 4.80. The van der Waals surface area contributed by atoms with Gasteiger partial charge in [-0.05, 0) is 11.1 Å². The van der Waals surface area contributed by atoms with Crippen LogP contribution in [-0.2, 0) is 11.3 Å². The Balaban J connectivity index is 1.37. The van der Waals surface area contributed by atoms with Crippen molar-refractivity contribution in [2.45, 2.75) is 31.4 Å². The van der Waals surface area contributed by atoms with Gasteiger partial charge in [0.05, 0.1) is 42.5 Å². The van der Waals surface area contributed by atoms with E-state index in [-0.39, 0.29) is 6.09 Å². The Kier molecular flexibility index (Phi) is 5.65. The zero-order valence-electron chi connectivity index (χ0n) is 18.0. The third kappa shape index (κ3) is 4.24. The summed E-state index contributed by atoms with van der Waals surface area (Å²) in [6.45, 7) is 2.63. The third-order valence-electron chi connectivity index (χ3n) is 6.34. The molecule has 2 aromatic heterocycles. The molecule has 33 heavy (non-hydrogen) atoms. The van der Waals surface area contributed by atoms with Crippen molar-refractivity contribution in [3.63, 3.8) is 0 Å². The second kappa shape index (κ2) is 8.75. The van der Waals surface area contributed by atoms with E-state index in [4.69, 9.17) is 21.6 Å². The molecule has 1 N–H and O–H groups in total. The van der Waals surface area contributed by atoms with Crippen LogP contribution in [0.1, 0.15) is 19.3 Å². The molecule has 9 heteroatoms. The summed E-state index contributed by atoms with van der Waals surface area (Å²) in [5, 5.41) is 16.5. The zero-order chi connectivity index (χ0) is 22.8. The molecule has 0 bridgehead atoms. The lowest BCUT2D eigenvalue weighted by Gasteiger charge is -2.39. The number of alkyl carbamates (subject to hydrolysis) is 1. The lowest BCUT2D eigenvalue weighted by atomic mass is 9.91. The van der Waals surface area contributed by atoms with Crippen LogP contribution in [0.4, 0.5) is 10.5 Å². The number of carbonyl (C=O) groups is 1. The number of aromatic nitrogens is 3. The van der Waals surface area contributed by atoms with Crippen molar-refractivity contribution in [2.24, 2.45) is 0 Å². The van der Waals surface area contributed by atoms with Crippen molar-refractivity contribution in [3.8, 4) is 28.3 Å². The first-order chi connectivity index (χ1) is 16.1. The smallest absolute Gasteiger partial charge is 0.407 e. The van der Waals surface area contributed by atoms with Gasteiger partial charge in [0.1, 0.15) is 5.60 Å². The number of rotatable bonds is 5. The normalized spacial score (nSPS) is 17.0. The highest BCUT2D eigenvalue weighted by molar-refractivity contribution is 6.33. The number of pyridine rings is 1. The van der Waals surface area contributed by atoms with E-state index in [9.17, 15) is 4.79 Å². The van der Waals surface area contributed by atoms with Gasteiger partial charge in [0.15, 0.2) is 0 Å². The summed E-state index contributed by atoms with van der Waals surface area (Å²) in [7, 11) is 0. The molecule has 1 spiro atoms. The molecule has 0 saturated carbocycles. The first-order valence-electron chi connectivity index (χ1n) is 10.9. The number of amides is 1. The molecular weight excluding hydrogens is 440 g/mol. The second-order valence-corrected chi connectivity index (χ2v) is 8.82. The molecule has 8 nitrogen and oxygen atoms in total. The third-order valence-corrected chi connectivity index (χ3v) is 6.62. The van der Waals surface area contributed by atoms with Crippen LogP contribution < -0.4 is 10.2 Å². The van der Waals surface area contributed by atoms with Crippen LogP contribution in [0.2, 0.25) is 5.02 Å². The van der Waals surface area contributed by atoms with Crippen LogP contribution in [-0.4, -0.2) is 46.1 Å². The van der Waals surface area contributed by atoms with Gasteiger partial charge in [0, 0.05) is 55.6 Å². The van der Waals surface area contributed by atoms with Gasteiger partial charge >= 0.3 is 6.09 Å². The highest BCUT2D eigenvalue weighted by atomic mass is 35.5. The maximum Gasteiger partial charge on any atom is 0.407 e. The maximum absolute atomic E-state index is 11.5. The summed E-state index contributed by atoms with van der Waals surface area (Å²) >= 11 is 6.62. The fourth-order valence-electron chi connectivity index (χ4n) is 4.52. The minimum Gasteiger partial charge on any atom is -0.441 e. The van der Waals surface area contributed by atoms with Crippen LogP contribution in [0.3, 0.4) is 0 Å². The molecule has 0 atom stereocenters. The summed E-state index contributed by atoms with van der Waals surface area (Å²) in [4.78, 5) is 18.1. The topological polar surface area (TPSA) is 96.1 Å². The fraction of sp³-hybridized carbons (Fsp3) is 0.333. The molecule has 2 aliphatic rings. The monoisotopic (exact) mass is 462 g/mol. The van der Waals surface area contributed by atoms with E-state index in [0.717, 1.165) is 53.9 Å². The molecule has 3 aromatic rings.